The largest absolute Gasteiger partial charge is 0.477 e. The van der Waals surface area contributed by atoms with Crippen LogP contribution in [-0.2, 0) is 0 Å². The van der Waals surface area contributed by atoms with Crippen LogP contribution in [0.2, 0.25) is 5.02 Å². The summed E-state index contributed by atoms with van der Waals surface area (Å²) in [6.45, 7) is 2.47. The van der Waals surface area contributed by atoms with Gasteiger partial charge in [-0.3, -0.25) is 0 Å². The Bertz CT molecular complexity index is 1080. The van der Waals surface area contributed by atoms with Crippen molar-refractivity contribution in [3.05, 3.63) is 77.8 Å². The van der Waals surface area contributed by atoms with Crippen molar-refractivity contribution in [2.75, 3.05) is 6.61 Å². The van der Waals surface area contributed by atoms with Crippen molar-refractivity contribution in [1.29, 1.82) is 0 Å². The van der Waals surface area contributed by atoms with Crippen LogP contribution >= 0.6 is 11.6 Å². The maximum absolute atomic E-state index is 6.05. The summed E-state index contributed by atoms with van der Waals surface area (Å²) in [5, 5.41) is 1.55. The summed E-state index contributed by atoms with van der Waals surface area (Å²) in [6, 6.07) is 22.7. The molecule has 0 aliphatic rings. The number of para-hydroxylation sites is 2. The average molecular weight is 377 g/mol. The first-order valence-corrected chi connectivity index (χ1v) is 9.05. The van der Waals surface area contributed by atoms with Gasteiger partial charge in [0, 0.05) is 5.02 Å². The lowest BCUT2D eigenvalue weighted by molar-refractivity contribution is 0.331. The number of benzene rings is 3. The van der Waals surface area contributed by atoms with Crippen LogP contribution in [0, 0.1) is 0 Å². The van der Waals surface area contributed by atoms with Crippen LogP contribution in [0.25, 0.3) is 22.3 Å². The highest BCUT2D eigenvalue weighted by Crippen LogP contribution is 2.34. The molecular weight excluding hydrogens is 360 g/mol. The van der Waals surface area contributed by atoms with E-state index in [0.29, 0.717) is 34.8 Å². The van der Waals surface area contributed by atoms with Gasteiger partial charge in [0.15, 0.2) is 5.82 Å². The van der Waals surface area contributed by atoms with Gasteiger partial charge in [-0.1, -0.05) is 35.9 Å². The first-order chi connectivity index (χ1) is 13.2. The number of halogens is 1. The predicted octanol–water partition coefficient (Wildman–Crippen LogP) is 6.14. The second-order valence-electron chi connectivity index (χ2n) is 5.85. The molecule has 134 valence electrons. The number of hydrogen-bond donors (Lipinski definition) is 0. The van der Waals surface area contributed by atoms with Gasteiger partial charge < -0.3 is 9.47 Å². The zero-order chi connectivity index (χ0) is 18.6. The van der Waals surface area contributed by atoms with E-state index in [9.17, 15) is 0 Å². The molecular formula is C22H17ClN2O2. The minimum absolute atomic E-state index is 0.531. The van der Waals surface area contributed by atoms with Gasteiger partial charge >= 0.3 is 0 Å². The Hall–Kier alpha value is -3.11. The summed E-state index contributed by atoms with van der Waals surface area (Å²) in [6.07, 6.45) is 0. The van der Waals surface area contributed by atoms with E-state index >= 15 is 0 Å². The summed E-state index contributed by atoms with van der Waals surface area (Å²) < 4.78 is 11.8. The maximum Gasteiger partial charge on any atom is 0.225 e. The summed E-state index contributed by atoms with van der Waals surface area (Å²) in [4.78, 5) is 9.36. The first kappa shape index (κ1) is 17.3. The molecule has 4 aromatic rings. The molecule has 0 aliphatic carbocycles. The molecule has 0 fully saturated rings. The molecule has 1 aromatic heterocycles. The van der Waals surface area contributed by atoms with Gasteiger partial charge in [-0.15, -0.1) is 0 Å². The number of rotatable bonds is 5. The highest BCUT2D eigenvalue weighted by Gasteiger charge is 2.14. The van der Waals surface area contributed by atoms with Crippen molar-refractivity contribution in [3.63, 3.8) is 0 Å². The van der Waals surface area contributed by atoms with Crippen LogP contribution in [0.1, 0.15) is 6.92 Å². The first-order valence-electron chi connectivity index (χ1n) is 8.67. The average Bonchev–Trinajstić information content (AvgIpc) is 2.70. The lowest BCUT2D eigenvalue weighted by Gasteiger charge is -2.12. The van der Waals surface area contributed by atoms with Crippen LogP contribution in [0.3, 0.4) is 0 Å². The van der Waals surface area contributed by atoms with E-state index in [1.165, 1.54) is 0 Å². The fourth-order valence-corrected chi connectivity index (χ4v) is 2.91. The molecule has 0 spiro atoms. The van der Waals surface area contributed by atoms with E-state index in [1.807, 2.05) is 67.6 Å². The lowest BCUT2D eigenvalue weighted by Crippen LogP contribution is -2.00. The zero-order valence-corrected chi connectivity index (χ0v) is 15.5. The van der Waals surface area contributed by atoms with Gasteiger partial charge in [0.05, 0.1) is 23.1 Å². The van der Waals surface area contributed by atoms with Crippen molar-refractivity contribution in [2.45, 2.75) is 6.92 Å². The molecule has 27 heavy (non-hydrogen) atoms. The lowest BCUT2D eigenvalue weighted by atomic mass is 10.1. The molecule has 4 rings (SSSR count). The molecule has 0 atom stereocenters. The third kappa shape index (κ3) is 3.71. The Kier molecular flexibility index (Phi) is 4.90. The third-order valence-electron chi connectivity index (χ3n) is 4.02. The molecule has 0 saturated heterocycles. The summed E-state index contributed by atoms with van der Waals surface area (Å²) in [5.74, 6) is 2.48. The van der Waals surface area contributed by atoms with Crippen LogP contribution < -0.4 is 9.47 Å². The molecule has 0 aliphatic heterocycles. The molecule has 4 nitrogen and oxygen atoms in total. The van der Waals surface area contributed by atoms with E-state index in [-0.39, 0.29) is 0 Å². The van der Waals surface area contributed by atoms with Gasteiger partial charge in [-0.2, -0.15) is 4.98 Å². The molecule has 0 amide bonds. The Morgan fingerprint density at radius 2 is 1.59 bits per heavy atom. The summed E-state index contributed by atoms with van der Waals surface area (Å²) in [5.41, 5.74) is 1.62. The molecule has 0 unspecified atom stereocenters. The van der Waals surface area contributed by atoms with E-state index in [4.69, 9.17) is 26.1 Å². The molecule has 3 aromatic carbocycles. The van der Waals surface area contributed by atoms with Gasteiger partial charge in [0.25, 0.3) is 0 Å². The van der Waals surface area contributed by atoms with Crippen molar-refractivity contribution < 1.29 is 9.47 Å². The SMILES string of the molecule is CCOc1nc(-c2ccccc2Oc2ccc(Cl)cc2)nc2ccccc12. The molecule has 0 saturated carbocycles. The van der Waals surface area contributed by atoms with Gasteiger partial charge in [-0.25, -0.2) is 4.98 Å². The van der Waals surface area contributed by atoms with Crippen LogP contribution in [0.5, 0.6) is 17.4 Å². The fraction of sp³-hybridized carbons (Fsp3) is 0.0909. The zero-order valence-electron chi connectivity index (χ0n) is 14.7. The Balaban J connectivity index is 1.80. The highest BCUT2D eigenvalue weighted by atomic mass is 35.5. The van der Waals surface area contributed by atoms with Crippen molar-refractivity contribution >= 4 is 22.5 Å². The van der Waals surface area contributed by atoms with Crippen LogP contribution in [0.4, 0.5) is 0 Å². The second-order valence-corrected chi connectivity index (χ2v) is 6.29. The maximum atomic E-state index is 6.05. The van der Waals surface area contributed by atoms with Crippen LogP contribution in [-0.4, -0.2) is 16.6 Å². The molecule has 1 heterocycles. The summed E-state index contributed by atoms with van der Waals surface area (Å²) in [7, 11) is 0. The normalized spacial score (nSPS) is 10.7. The minimum atomic E-state index is 0.531. The summed E-state index contributed by atoms with van der Waals surface area (Å²) >= 11 is 5.95. The number of ether oxygens (including phenoxy) is 2. The Labute approximate surface area is 162 Å². The van der Waals surface area contributed by atoms with Gasteiger partial charge in [-0.05, 0) is 55.5 Å². The Morgan fingerprint density at radius 3 is 2.41 bits per heavy atom. The number of nitrogens with zero attached hydrogens (tertiary/aromatic N) is 2. The van der Waals surface area contributed by atoms with Crippen LogP contribution in [0.15, 0.2) is 72.8 Å². The fourth-order valence-electron chi connectivity index (χ4n) is 2.78. The van der Waals surface area contributed by atoms with E-state index in [2.05, 4.69) is 4.98 Å². The van der Waals surface area contributed by atoms with E-state index in [1.54, 1.807) is 12.1 Å². The smallest absolute Gasteiger partial charge is 0.225 e. The van der Waals surface area contributed by atoms with Gasteiger partial charge in [0.2, 0.25) is 5.88 Å². The molecule has 0 radical (unpaired) electrons. The Morgan fingerprint density at radius 1 is 0.852 bits per heavy atom. The molecule has 0 bridgehead atoms. The second kappa shape index (κ2) is 7.64. The molecule has 5 heteroatoms. The molecule has 0 N–H and O–H groups in total. The van der Waals surface area contributed by atoms with Gasteiger partial charge in [0.1, 0.15) is 11.5 Å². The third-order valence-corrected chi connectivity index (χ3v) is 4.27. The number of aromatic nitrogens is 2. The highest BCUT2D eigenvalue weighted by molar-refractivity contribution is 6.30. The van der Waals surface area contributed by atoms with E-state index in [0.717, 1.165) is 16.5 Å². The van der Waals surface area contributed by atoms with Crippen molar-refractivity contribution in [1.82, 2.24) is 9.97 Å². The monoisotopic (exact) mass is 376 g/mol. The van der Waals surface area contributed by atoms with Crippen molar-refractivity contribution in [3.8, 4) is 28.8 Å². The minimum Gasteiger partial charge on any atom is -0.477 e. The number of hydrogen-bond acceptors (Lipinski definition) is 4. The van der Waals surface area contributed by atoms with Crippen molar-refractivity contribution in [2.24, 2.45) is 0 Å². The quantitative estimate of drug-likeness (QED) is 0.419. The predicted molar refractivity (Wildman–Crippen MR) is 108 cm³/mol. The standard InChI is InChI=1S/C22H17ClN2O2/c1-2-26-22-17-7-3-5-9-19(17)24-21(25-22)18-8-4-6-10-20(18)27-16-13-11-15(23)12-14-16/h3-14H,2H2,1H3. The number of fused-ring (bicyclic) bond motifs is 1. The topological polar surface area (TPSA) is 44.2 Å². The van der Waals surface area contributed by atoms with E-state index < -0.39 is 0 Å².